The number of carbonyl (C=O) groups excluding carboxylic acids is 2. The molecule has 0 radical (unpaired) electrons. The summed E-state index contributed by atoms with van der Waals surface area (Å²) in [5.41, 5.74) is 0. The third kappa shape index (κ3) is 4.21. The van der Waals surface area contributed by atoms with Crippen LogP contribution in [-0.2, 0) is 14.4 Å². The molecule has 1 aliphatic rings. The van der Waals surface area contributed by atoms with Gasteiger partial charge in [0.2, 0.25) is 11.8 Å². The smallest absolute Gasteiger partial charge is 0.307 e. The second-order valence-electron chi connectivity index (χ2n) is 5.56. The lowest BCUT2D eigenvalue weighted by Crippen LogP contribution is -2.45. The zero-order valence-corrected chi connectivity index (χ0v) is 12.4. The summed E-state index contributed by atoms with van der Waals surface area (Å²) in [5, 5.41) is 11.9. The van der Waals surface area contributed by atoms with Crippen LogP contribution >= 0.6 is 0 Å². The van der Waals surface area contributed by atoms with Crippen LogP contribution in [0, 0.1) is 11.8 Å². The highest BCUT2D eigenvalue weighted by Crippen LogP contribution is 2.33. The molecule has 0 aromatic carbocycles. The summed E-state index contributed by atoms with van der Waals surface area (Å²) in [7, 11) is 0. The maximum Gasteiger partial charge on any atom is 0.307 e. The first-order chi connectivity index (χ1) is 9.36. The summed E-state index contributed by atoms with van der Waals surface area (Å²) in [6.07, 6.45) is 1.89. The van der Waals surface area contributed by atoms with E-state index in [0.29, 0.717) is 19.4 Å². The molecule has 2 amide bonds. The van der Waals surface area contributed by atoms with Gasteiger partial charge in [-0.15, -0.1) is 0 Å². The topological polar surface area (TPSA) is 86.7 Å². The Kier molecular flexibility index (Phi) is 5.98. The van der Waals surface area contributed by atoms with Crippen LogP contribution in [0.3, 0.4) is 0 Å². The van der Waals surface area contributed by atoms with Gasteiger partial charge in [-0.3, -0.25) is 14.4 Å². The lowest BCUT2D eigenvalue weighted by molar-refractivity contribution is -0.149. The van der Waals surface area contributed by atoms with E-state index in [1.165, 1.54) is 4.90 Å². The summed E-state index contributed by atoms with van der Waals surface area (Å²) in [4.78, 5) is 36.7. The number of rotatable bonds is 6. The Morgan fingerprint density at radius 1 is 1.25 bits per heavy atom. The largest absolute Gasteiger partial charge is 0.481 e. The van der Waals surface area contributed by atoms with Gasteiger partial charge in [0.05, 0.1) is 18.4 Å². The van der Waals surface area contributed by atoms with Gasteiger partial charge in [0.1, 0.15) is 0 Å². The van der Waals surface area contributed by atoms with E-state index in [1.807, 2.05) is 13.8 Å². The third-order valence-corrected chi connectivity index (χ3v) is 3.63. The van der Waals surface area contributed by atoms with E-state index in [0.717, 1.165) is 6.42 Å². The molecule has 0 saturated heterocycles. The van der Waals surface area contributed by atoms with Crippen LogP contribution in [0.2, 0.25) is 0 Å². The minimum Gasteiger partial charge on any atom is -0.481 e. The van der Waals surface area contributed by atoms with E-state index < -0.39 is 17.8 Å². The van der Waals surface area contributed by atoms with Gasteiger partial charge in [-0.1, -0.05) is 6.42 Å². The molecule has 2 atom stereocenters. The minimum atomic E-state index is -0.913. The van der Waals surface area contributed by atoms with Crippen molar-refractivity contribution in [3.8, 4) is 0 Å². The molecule has 0 aliphatic heterocycles. The molecule has 2 N–H and O–H groups in total. The van der Waals surface area contributed by atoms with E-state index in [1.54, 1.807) is 6.92 Å². The zero-order valence-electron chi connectivity index (χ0n) is 12.4. The molecular weight excluding hydrogens is 260 g/mol. The number of nitrogens with one attached hydrogen (secondary N) is 1. The molecule has 0 heterocycles. The first-order valence-corrected chi connectivity index (χ1v) is 7.17. The molecule has 114 valence electrons. The number of aliphatic carboxylic acids is 1. The van der Waals surface area contributed by atoms with E-state index >= 15 is 0 Å². The number of carbonyl (C=O) groups is 3. The van der Waals surface area contributed by atoms with Crippen LogP contribution in [0.1, 0.15) is 40.0 Å². The SMILES string of the molecule is CCN(CC(=O)NC(C)C)C(=O)C1CCCC1C(=O)O. The van der Waals surface area contributed by atoms with Gasteiger partial charge in [0, 0.05) is 12.6 Å². The van der Waals surface area contributed by atoms with E-state index in [2.05, 4.69) is 5.32 Å². The van der Waals surface area contributed by atoms with Crippen molar-refractivity contribution in [2.75, 3.05) is 13.1 Å². The normalized spacial score (nSPS) is 21.8. The predicted molar refractivity (Wildman–Crippen MR) is 74.0 cm³/mol. The molecule has 6 nitrogen and oxygen atoms in total. The van der Waals surface area contributed by atoms with Crippen LogP contribution in [0.15, 0.2) is 0 Å². The number of hydrogen-bond donors (Lipinski definition) is 2. The van der Waals surface area contributed by atoms with Crippen molar-refractivity contribution in [3.05, 3.63) is 0 Å². The highest BCUT2D eigenvalue weighted by Gasteiger charge is 2.39. The molecule has 2 unspecified atom stereocenters. The third-order valence-electron chi connectivity index (χ3n) is 3.63. The molecule has 1 saturated carbocycles. The fraction of sp³-hybridized carbons (Fsp3) is 0.786. The molecule has 6 heteroatoms. The molecule has 0 bridgehead atoms. The Morgan fingerprint density at radius 3 is 2.35 bits per heavy atom. The first-order valence-electron chi connectivity index (χ1n) is 7.17. The van der Waals surface area contributed by atoms with Gasteiger partial charge < -0.3 is 15.3 Å². The Morgan fingerprint density at radius 2 is 1.85 bits per heavy atom. The van der Waals surface area contributed by atoms with Crippen LogP contribution in [0.4, 0.5) is 0 Å². The van der Waals surface area contributed by atoms with Gasteiger partial charge in [-0.05, 0) is 33.6 Å². The van der Waals surface area contributed by atoms with Gasteiger partial charge in [-0.25, -0.2) is 0 Å². The highest BCUT2D eigenvalue weighted by molar-refractivity contribution is 5.89. The number of amides is 2. The molecular formula is C14H24N2O4. The van der Waals surface area contributed by atoms with Crippen LogP contribution < -0.4 is 5.32 Å². The Bertz CT molecular complexity index is 381. The fourth-order valence-corrected chi connectivity index (χ4v) is 2.67. The van der Waals surface area contributed by atoms with Crippen LogP contribution in [0.25, 0.3) is 0 Å². The Labute approximate surface area is 119 Å². The van der Waals surface area contributed by atoms with Crippen molar-refractivity contribution in [3.63, 3.8) is 0 Å². The van der Waals surface area contributed by atoms with Crippen molar-refractivity contribution in [2.24, 2.45) is 11.8 Å². The molecule has 0 aromatic rings. The van der Waals surface area contributed by atoms with Gasteiger partial charge in [0.15, 0.2) is 0 Å². The average molecular weight is 284 g/mol. The van der Waals surface area contributed by atoms with Crippen molar-refractivity contribution < 1.29 is 19.5 Å². The molecule has 20 heavy (non-hydrogen) atoms. The standard InChI is InChI=1S/C14H24N2O4/c1-4-16(8-12(17)15-9(2)3)13(18)10-6-5-7-11(10)14(19)20/h9-11H,4-8H2,1-3H3,(H,15,17)(H,19,20). The van der Waals surface area contributed by atoms with Gasteiger partial charge >= 0.3 is 5.97 Å². The minimum absolute atomic E-state index is 0.00362. The Balaban J connectivity index is 2.67. The molecule has 0 aromatic heterocycles. The number of hydrogen-bond acceptors (Lipinski definition) is 3. The molecule has 0 spiro atoms. The number of likely N-dealkylation sites (N-methyl/N-ethyl adjacent to an activating group) is 1. The summed E-state index contributed by atoms with van der Waals surface area (Å²) < 4.78 is 0. The average Bonchev–Trinajstić information content (AvgIpc) is 2.83. The lowest BCUT2D eigenvalue weighted by Gasteiger charge is -2.26. The van der Waals surface area contributed by atoms with E-state index in [9.17, 15) is 14.4 Å². The summed E-state index contributed by atoms with van der Waals surface area (Å²) in [5.74, 6) is -2.43. The zero-order chi connectivity index (χ0) is 15.3. The van der Waals surface area contributed by atoms with Gasteiger partial charge in [-0.2, -0.15) is 0 Å². The van der Waals surface area contributed by atoms with Crippen molar-refractivity contribution >= 4 is 17.8 Å². The maximum absolute atomic E-state index is 12.4. The number of nitrogens with zero attached hydrogens (tertiary/aromatic N) is 1. The van der Waals surface area contributed by atoms with Crippen LogP contribution in [0.5, 0.6) is 0 Å². The second kappa shape index (κ2) is 7.26. The summed E-state index contributed by atoms with van der Waals surface area (Å²) in [6, 6.07) is 0.0227. The monoisotopic (exact) mass is 284 g/mol. The van der Waals surface area contributed by atoms with E-state index in [4.69, 9.17) is 5.11 Å². The van der Waals surface area contributed by atoms with Crippen LogP contribution in [-0.4, -0.2) is 46.9 Å². The quantitative estimate of drug-likeness (QED) is 0.757. The number of carboxylic acid groups (broad SMARTS) is 1. The van der Waals surface area contributed by atoms with Gasteiger partial charge in [0.25, 0.3) is 0 Å². The molecule has 1 rings (SSSR count). The van der Waals surface area contributed by atoms with E-state index in [-0.39, 0.29) is 24.4 Å². The van der Waals surface area contributed by atoms with Crippen molar-refractivity contribution in [1.29, 1.82) is 0 Å². The van der Waals surface area contributed by atoms with Crippen molar-refractivity contribution in [2.45, 2.75) is 46.1 Å². The summed E-state index contributed by atoms with van der Waals surface area (Å²) in [6.45, 7) is 5.91. The maximum atomic E-state index is 12.4. The molecule has 1 aliphatic carbocycles. The van der Waals surface area contributed by atoms with Crippen molar-refractivity contribution in [1.82, 2.24) is 10.2 Å². The second-order valence-corrected chi connectivity index (χ2v) is 5.56. The lowest BCUT2D eigenvalue weighted by atomic mass is 9.94. The Hall–Kier alpha value is -1.59. The predicted octanol–water partition coefficient (Wildman–Crippen LogP) is 0.860. The number of carboxylic acids is 1. The first kappa shape index (κ1) is 16.5. The highest BCUT2D eigenvalue weighted by atomic mass is 16.4. The fourth-order valence-electron chi connectivity index (χ4n) is 2.67. The summed E-state index contributed by atoms with van der Waals surface area (Å²) >= 11 is 0. The molecule has 1 fully saturated rings.